The minimum atomic E-state index is 0.707. The highest BCUT2D eigenvalue weighted by molar-refractivity contribution is 7.14. The maximum absolute atomic E-state index is 4.11. The van der Waals surface area contributed by atoms with Crippen LogP contribution in [0.3, 0.4) is 0 Å². The van der Waals surface area contributed by atoms with Crippen LogP contribution in [-0.2, 0) is 6.54 Å². The van der Waals surface area contributed by atoms with Gasteiger partial charge in [-0.3, -0.25) is 0 Å². The lowest BCUT2D eigenvalue weighted by Gasteiger charge is -1.95. The van der Waals surface area contributed by atoms with E-state index in [1.165, 1.54) is 24.4 Å². The van der Waals surface area contributed by atoms with Crippen LogP contribution in [0.5, 0.6) is 0 Å². The molecule has 0 atom stereocenters. The Hall–Kier alpha value is -0.920. The zero-order valence-corrected chi connectivity index (χ0v) is 9.51. The predicted molar refractivity (Wildman–Crippen MR) is 58.7 cm³/mol. The number of aromatic nitrogens is 4. The second-order valence-corrected chi connectivity index (χ2v) is 5.12. The molecule has 1 N–H and O–H groups in total. The summed E-state index contributed by atoms with van der Waals surface area (Å²) in [4.78, 5) is 0. The Morgan fingerprint density at radius 2 is 2.27 bits per heavy atom. The van der Waals surface area contributed by atoms with Gasteiger partial charge in [-0.1, -0.05) is 15.8 Å². The molecule has 15 heavy (non-hydrogen) atoms. The van der Waals surface area contributed by atoms with Gasteiger partial charge in [-0.05, 0) is 24.4 Å². The molecule has 2 aromatic rings. The van der Waals surface area contributed by atoms with Crippen molar-refractivity contribution < 1.29 is 0 Å². The standard InChI is InChI=1S/C8H9N5S2/c1-2-5(1)9-3-7-11-12-8(15-7)6-4-14-13-10-6/h4-5,9H,1-3H2. The van der Waals surface area contributed by atoms with Crippen molar-refractivity contribution in [2.24, 2.45) is 0 Å². The highest BCUT2D eigenvalue weighted by Crippen LogP contribution is 2.23. The first-order chi connectivity index (χ1) is 7.42. The van der Waals surface area contributed by atoms with Gasteiger partial charge in [0.1, 0.15) is 10.7 Å². The Balaban J connectivity index is 1.69. The summed E-state index contributed by atoms with van der Waals surface area (Å²) in [6, 6.07) is 0.707. The first kappa shape index (κ1) is 9.32. The molecule has 1 aliphatic carbocycles. The van der Waals surface area contributed by atoms with E-state index in [0.29, 0.717) is 6.04 Å². The van der Waals surface area contributed by atoms with Crippen molar-refractivity contribution in [3.8, 4) is 10.7 Å². The SMILES string of the molecule is c1snnc1-c1nnc(CNC2CC2)s1. The number of hydrogen-bond donors (Lipinski definition) is 1. The molecule has 3 rings (SSSR count). The molecule has 0 bridgehead atoms. The van der Waals surface area contributed by atoms with Crippen molar-refractivity contribution in [1.82, 2.24) is 25.1 Å². The minimum absolute atomic E-state index is 0.707. The number of rotatable bonds is 4. The summed E-state index contributed by atoms with van der Waals surface area (Å²) in [6.45, 7) is 0.819. The van der Waals surface area contributed by atoms with Gasteiger partial charge in [-0.25, -0.2) is 0 Å². The van der Waals surface area contributed by atoms with Crippen LogP contribution >= 0.6 is 22.9 Å². The van der Waals surface area contributed by atoms with E-state index in [1.54, 1.807) is 11.3 Å². The molecular formula is C8H9N5S2. The Bertz CT molecular complexity index is 434. The topological polar surface area (TPSA) is 63.6 Å². The summed E-state index contributed by atoms with van der Waals surface area (Å²) in [5.74, 6) is 0. The summed E-state index contributed by atoms with van der Waals surface area (Å²) >= 11 is 2.91. The summed E-state index contributed by atoms with van der Waals surface area (Å²) in [7, 11) is 0. The Morgan fingerprint density at radius 1 is 1.33 bits per heavy atom. The number of hydrogen-bond acceptors (Lipinski definition) is 7. The first-order valence-corrected chi connectivity index (χ1v) is 6.40. The fourth-order valence-electron chi connectivity index (χ4n) is 1.21. The number of nitrogens with zero attached hydrogens (tertiary/aromatic N) is 4. The lowest BCUT2D eigenvalue weighted by atomic mass is 10.5. The Labute approximate surface area is 94.7 Å². The first-order valence-electron chi connectivity index (χ1n) is 4.75. The van der Waals surface area contributed by atoms with Crippen LogP contribution in [0, 0.1) is 0 Å². The van der Waals surface area contributed by atoms with Gasteiger partial charge in [0, 0.05) is 18.0 Å². The predicted octanol–water partition coefficient (Wildman–Crippen LogP) is 1.31. The third-order valence-corrected chi connectivity index (χ3v) is 3.62. The van der Waals surface area contributed by atoms with Crippen LogP contribution in [0.25, 0.3) is 10.7 Å². The van der Waals surface area contributed by atoms with E-state index in [1.807, 2.05) is 5.38 Å². The highest BCUT2D eigenvalue weighted by atomic mass is 32.1. The van der Waals surface area contributed by atoms with Crippen LogP contribution in [-0.4, -0.2) is 25.8 Å². The largest absolute Gasteiger partial charge is 0.308 e. The molecule has 0 unspecified atom stereocenters. The Morgan fingerprint density at radius 3 is 3.00 bits per heavy atom. The molecule has 0 aromatic carbocycles. The van der Waals surface area contributed by atoms with E-state index in [0.717, 1.165) is 22.3 Å². The lowest BCUT2D eigenvalue weighted by Crippen LogP contribution is -2.14. The monoisotopic (exact) mass is 239 g/mol. The fraction of sp³-hybridized carbons (Fsp3) is 0.500. The molecule has 1 fully saturated rings. The average molecular weight is 239 g/mol. The van der Waals surface area contributed by atoms with Gasteiger partial charge in [0.05, 0.1) is 0 Å². The Kier molecular flexibility index (Phi) is 2.43. The van der Waals surface area contributed by atoms with Crippen molar-refractivity contribution in [2.45, 2.75) is 25.4 Å². The fourth-order valence-corrected chi connectivity index (χ4v) is 2.47. The van der Waals surface area contributed by atoms with Gasteiger partial charge in [-0.2, -0.15) is 0 Å². The molecule has 0 radical (unpaired) electrons. The van der Waals surface area contributed by atoms with E-state index in [2.05, 4.69) is 25.1 Å². The molecule has 1 saturated carbocycles. The summed E-state index contributed by atoms with van der Waals surface area (Å²) in [6.07, 6.45) is 2.59. The maximum Gasteiger partial charge on any atom is 0.169 e. The van der Waals surface area contributed by atoms with Gasteiger partial charge in [-0.15, -0.1) is 15.3 Å². The van der Waals surface area contributed by atoms with E-state index >= 15 is 0 Å². The van der Waals surface area contributed by atoms with Gasteiger partial charge >= 0.3 is 0 Å². The smallest absolute Gasteiger partial charge is 0.169 e. The van der Waals surface area contributed by atoms with E-state index in [4.69, 9.17) is 0 Å². The van der Waals surface area contributed by atoms with Crippen LogP contribution in [0.2, 0.25) is 0 Å². The molecule has 0 saturated heterocycles. The van der Waals surface area contributed by atoms with Crippen LogP contribution in [0.1, 0.15) is 17.8 Å². The van der Waals surface area contributed by atoms with Crippen molar-refractivity contribution in [3.63, 3.8) is 0 Å². The summed E-state index contributed by atoms with van der Waals surface area (Å²) in [5, 5.41) is 19.3. The molecular weight excluding hydrogens is 230 g/mol. The van der Waals surface area contributed by atoms with E-state index in [9.17, 15) is 0 Å². The normalized spacial score (nSPS) is 15.7. The molecule has 0 aliphatic heterocycles. The van der Waals surface area contributed by atoms with Gasteiger partial charge in [0.2, 0.25) is 0 Å². The summed E-state index contributed by atoms with van der Waals surface area (Å²) < 4.78 is 3.81. The molecule has 7 heteroatoms. The maximum atomic E-state index is 4.11. The lowest BCUT2D eigenvalue weighted by molar-refractivity contribution is 0.679. The molecule has 5 nitrogen and oxygen atoms in total. The van der Waals surface area contributed by atoms with E-state index in [-0.39, 0.29) is 0 Å². The molecule has 0 spiro atoms. The van der Waals surface area contributed by atoms with Crippen LogP contribution in [0.15, 0.2) is 5.38 Å². The third-order valence-electron chi connectivity index (χ3n) is 2.17. The van der Waals surface area contributed by atoms with Crippen LogP contribution < -0.4 is 5.32 Å². The zero-order chi connectivity index (χ0) is 10.1. The highest BCUT2D eigenvalue weighted by Gasteiger charge is 2.20. The van der Waals surface area contributed by atoms with Crippen molar-refractivity contribution in [1.29, 1.82) is 0 Å². The average Bonchev–Trinajstić information content (AvgIpc) is 2.78. The van der Waals surface area contributed by atoms with Crippen molar-refractivity contribution in [2.75, 3.05) is 0 Å². The molecule has 78 valence electrons. The van der Waals surface area contributed by atoms with Crippen LogP contribution in [0.4, 0.5) is 0 Å². The minimum Gasteiger partial charge on any atom is -0.308 e. The van der Waals surface area contributed by atoms with Crippen molar-refractivity contribution >= 4 is 22.9 Å². The number of nitrogens with one attached hydrogen (secondary N) is 1. The second kappa shape index (κ2) is 3.92. The van der Waals surface area contributed by atoms with Crippen molar-refractivity contribution in [3.05, 3.63) is 10.4 Å². The summed E-state index contributed by atoms with van der Waals surface area (Å²) in [5.41, 5.74) is 0.829. The van der Waals surface area contributed by atoms with Gasteiger partial charge < -0.3 is 5.32 Å². The molecule has 1 aliphatic rings. The quantitative estimate of drug-likeness (QED) is 0.871. The van der Waals surface area contributed by atoms with E-state index < -0.39 is 0 Å². The van der Waals surface area contributed by atoms with Gasteiger partial charge in [0.15, 0.2) is 5.01 Å². The molecule has 0 amide bonds. The zero-order valence-electron chi connectivity index (χ0n) is 7.88. The molecule has 2 aromatic heterocycles. The third kappa shape index (κ3) is 2.19. The van der Waals surface area contributed by atoms with Gasteiger partial charge in [0.25, 0.3) is 0 Å². The molecule has 2 heterocycles. The second-order valence-electron chi connectivity index (χ2n) is 3.45.